The molecule has 1 fully saturated rings. The zero-order valence-electron chi connectivity index (χ0n) is 12.9. The van der Waals surface area contributed by atoms with Crippen LogP contribution in [0.25, 0.3) is 11.4 Å². The van der Waals surface area contributed by atoms with Crippen molar-refractivity contribution in [2.45, 2.75) is 38.5 Å². The van der Waals surface area contributed by atoms with E-state index >= 15 is 0 Å². The van der Waals surface area contributed by atoms with Crippen LogP contribution in [-0.4, -0.2) is 9.97 Å². The summed E-state index contributed by atoms with van der Waals surface area (Å²) < 4.78 is 0. The number of hydrogen-bond acceptors (Lipinski definition) is 2. The Bertz CT molecular complexity index is 623. The Kier molecular flexibility index (Phi) is 4.89. The summed E-state index contributed by atoms with van der Waals surface area (Å²) in [5.41, 5.74) is 2.28. The van der Waals surface area contributed by atoms with Crippen LogP contribution in [0, 0.1) is 5.92 Å². The Morgan fingerprint density at radius 1 is 1.00 bits per heavy atom. The molecule has 0 unspecified atom stereocenters. The van der Waals surface area contributed by atoms with Gasteiger partial charge in [0.15, 0.2) is 5.82 Å². The zero-order chi connectivity index (χ0) is 15.4. The van der Waals surface area contributed by atoms with Gasteiger partial charge in [-0.25, -0.2) is 9.97 Å². The summed E-state index contributed by atoms with van der Waals surface area (Å²) in [5, 5.41) is 0.734. The van der Waals surface area contributed by atoms with E-state index in [1.165, 1.54) is 31.2 Å². The molecule has 0 aliphatic heterocycles. The third-order valence-electron chi connectivity index (χ3n) is 4.48. The predicted octanol–water partition coefficient (Wildman–Crippen LogP) is 5.65. The molecule has 1 aliphatic carbocycles. The lowest BCUT2D eigenvalue weighted by Gasteiger charge is -2.26. The number of aromatic nitrogens is 2. The van der Waals surface area contributed by atoms with E-state index in [0.717, 1.165) is 22.3 Å². The van der Waals surface area contributed by atoms with Gasteiger partial charge in [0.25, 0.3) is 0 Å². The van der Waals surface area contributed by atoms with Gasteiger partial charge in [0, 0.05) is 23.0 Å². The molecule has 1 saturated carbocycles. The van der Waals surface area contributed by atoms with Crippen molar-refractivity contribution in [1.29, 1.82) is 0 Å². The first kappa shape index (κ1) is 15.2. The van der Waals surface area contributed by atoms with Crippen LogP contribution in [0.3, 0.4) is 0 Å². The third-order valence-corrected chi connectivity index (χ3v) is 4.73. The fourth-order valence-corrected chi connectivity index (χ4v) is 3.34. The van der Waals surface area contributed by atoms with Crippen molar-refractivity contribution in [2.24, 2.45) is 5.92 Å². The average molecular weight is 313 g/mol. The summed E-state index contributed by atoms with van der Waals surface area (Å²) in [6.07, 6.45) is 13.5. The molecule has 0 amide bonds. The quantitative estimate of drug-likeness (QED) is 0.685. The summed E-state index contributed by atoms with van der Waals surface area (Å²) >= 11 is 5.91. The molecular weight excluding hydrogens is 292 g/mol. The molecule has 0 atom stereocenters. The molecular formula is C19H21ClN2. The number of halogens is 1. The summed E-state index contributed by atoms with van der Waals surface area (Å²) in [7, 11) is 0. The standard InChI is InChI=1S/C19H21ClN2/c1-2-3-14-4-6-15(7-5-14)17-12-21-19(22-13-17)16-8-10-18(20)11-9-16/h2-3,8-15H,4-7H2,1H3/b3-2+. The highest BCUT2D eigenvalue weighted by molar-refractivity contribution is 6.30. The minimum atomic E-state index is 0.612. The fourth-order valence-electron chi connectivity index (χ4n) is 3.21. The van der Waals surface area contributed by atoms with E-state index < -0.39 is 0 Å². The van der Waals surface area contributed by atoms with E-state index in [4.69, 9.17) is 11.6 Å². The molecule has 1 aliphatic rings. The monoisotopic (exact) mass is 312 g/mol. The normalized spacial score (nSPS) is 22.1. The maximum Gasteiger partial charge on any atom is 0.159 e. The first-order valence-corrected chi connectivity index (χ1v) is 8.34. The van der Waals surface area contributed by atoms with Crippen molar-refractivity contribution in [1.82, 2.24) is 9.97 Å². The van der Waals surface area contributed by atoms with Crippen molar-refractivity contribution < 1.29 is 0 Å². The molecule has 0 spiro atoms. The first-order valence-electron chi connectivity index (χ1n) is 7.97. The Hall–Kier alpha value is -1.67. The lowest BCUT2D eigenvalue weighted by Crippen LogP contribution is -2.12. The summed E-state index contributed by atoms with van der Waals surface area (Å²) in [6.45, 7) is 2.11. The lowest BCUT2D eigenvalue weighted by molar-refractivity contribution is 0.375. The molecule has 1 aromatic heterocycles. The maximum absolute atomic E-state index is 5.91. The van der Waals surface area contributed by atoms with Gasteiger partial charge in [-0.2, -0.15) is 0 Å². The highest BCUT2D eigenvalue weighted by Gasteiger charge is 2.21. The second kappa shape index (κ2) is 7.06. The summed E-state index contributed by atoms with van der Waals surface area (Å²) in [6, 6.07) is 7.66. The topological polar surface area (TPSA) is 25.8 Å². The van der Waals surface area contributed by atoms with E-state index in [9.17, 15) is 0 Å². The Morgan fingerprint density at radius 2 is 1.64 bits per heavy atom. The van der Waals surface area contributed by atoms with Crippen molar-refractivity contribution in [3.8, 4) is 11.4 Å². The van der Waals surface area contributed by atoms with Crippen LogP contribution in [0.2, 0.25) is 5.02 Å². The molecule has 0 saturated heterocycles. The first-order chi connectivity index (χ1) is 10.8. The number of benzene rings is 1. The SMILES string of the molecule is C/C=C/C1CCC(c2cnc(-c3ccc(Cl)cc3)nc2)CC1. The molecule has 114 valence electrons. The van der Waals surface area contributed by atoms with Gasteiger partial charge < -0.3 is 0 Å². The van der Waals surface area contributed by atoms with Crippen LogP contribution in [0.4, 0.5) is 0 Å². The van der Waals surface area contributed by atoms with Crippen molar-refractivity contribution >= 4 is 11.6 Å². The second-order valence-corrected chi connectivity index (χ2v) is 6.42. The van der Waals surface area contributed by atoms with Crippen molar-refractivity contribution in [3.63, 3.8) is 0 Å². The highest BCUT2D eigenvalue weighted by atomic mass is 35.5. The molecule has 0 radical (unpaired) electrons. The molecule has 2 aromatic rings. The summed E-state index contributed by atoms with van der Waals surface area (Å²) in [4.78, 5) is 9.08. The lowest BCUT2D eigenvalue weighted by atomic mass is 9.79. The van der Waals surface area contributed by atoms with Crippen LogP contribution < -0.4 is 0 Å². The zero-order valence-corrected chi connectivity index (χ0v) is 13.6. The van der Waals surface area contributed by atoms with Crippen LogP contribution >= 0.6 is 11.6 Å². The Labute approximate surface area is 137 Å². The summed E-state index contributed by atoms with van der Waals surface area (Å²) in [5.74, 6) is 2.14. The van der Waals surface area contributed by atoms with Gasteiger partial charge in [-0.05, 0) is 74.3 Å². The van der Waals surface area contributed by atoms with Gasteiger partial charge in [0.2, 0.25) is 0 Å². The average Bonchev–Trinajstić information content (AvgIpc) is 2.57. The van der Waals surface area contributed by atoms with Crippen molar-refractivity contribution in [2.75, 3.05) is 0 Å². The maximum atomic E-state index is 5.91. The van der Waals surface area contributed by atoms with Gasteiger partial charge in [0.05, 0.1) is 0 Å². The molecule has 0 bridgehead atoms. The minimum Gasteiger partial charge on any atom is -0.236 e. The molecule has 3 rings (SSSR count). The van der Waals surface area contributed by atoms with Crippen molar-refractivity contribution in [3.05, 3.63) is 59.4 Å². The molecule has 0 N–H and O–H groups in total. The number of rotatable bonds is 3. The van der Waals surface area contributed by atoms with Crippen LogP contribution in [0.15, 0.2) is 48.8 Å². The molecule has 1 heterocycles. The third kappa shape index (κ3) is 3.56. The molecule has 1 aromatic carbocycles. The molecule has 22 heavy (non-hydrogen) atoms. The predicted molar refractivity (Wildman–Crippen MR) is 92.0 cm³/mol. The van der Waals surface area contributed by atoms with E-state index in [1.807, 2.05) is 36.7 Å². The second-order valence-electron chi connectivity index (χ2n) is 5.98. The minimum absolute atomic E-state index is 0.612. The molecule has 2 nitrogen and oxygen atoms in total. The van der Waals surface area contributed by atoms with Gasteiger partial charge in [0.1, 0.15) is 0 Å². The van der Waals surface area contributed by atoms with Crippen LogP contribution in [0.1, 0.15) is 44.1 Å². The van der Waals surface area contributed by atoms with E-state index in [0.29, 0.717) is 5.92 Å². The van der Waals surface area contributed by atoms with E-state index in [2.05, 4.69) is 29.0 Å². The van der Waals surface area contributed by atoms with E-state index in [-0.39, 0.29) is 0 Å². The Morgan fingerprint density at radius 3 is 2.23 bits per heavy atom. The largest absolute Gasteiger partial charge is 0.236 e. The van der Waals surface area contributed by atoms with Gasteiger partial charge in [-0.15, -0.1) is 0 Å². The smallest absolute Gasteiger partial charge is 0.159 e. The van der Waals surface area contributed by atoms with Crippen LogP contribution in [-0.2, 0) is 0 Å². The van der Waals surface area contributed by atoms with Gasteiger partial charge in [-0.3, -0.25) is 0 Å². The molecule has 3 heteroatoms. The van der Waals surface area contributed by atoms with Gasteiger partial charge >= 0.3 is 0 Å². The number of hydrogen-bond donors (Lipinski definition) is 0. The number of allylic oxidation sites excluding steroid dienone is 2. The highest BCUT2D eigenvalue weighted by Crippen LogP contribution is 2.36. The fraction of sp³-hybridized carbons (Fsp3) is 0.368. The number of nitrogens with zero attached hydrogens (tertiary/aromatic N) is 2. The van der Waals surface area contributed by atoms with Crippen LogP contribution in [0.5, 0.6) is 0 Å². The Balaban J connectivity index is 1.68. The van der Waals surface area contributed by atoms with E-state index in [1.54, 1.807) is 0 Å². The van der Waals surface area contributed by atoms with Gasteiger partial charge in [-0.1, -0.05) is 23.8 Å².